The van der Waals surface area contributed by atoms with Crippen LogP contribution in [0.5, 0.6) is 17.2 Å². The Labute approximate surface area is 260 Å². The number of hydrogen-bond acceptors (Lipinski definition) is 8. The van der Waals surface area contributed by atoms with Gasteiger partial charge >= 0.3 is 0 Å². The summed E-state index contributed by atoms with van der Waals surface area (Å²) in [7, 11) is 3.08. The lowest BCUT2D eigenvalue weighted by atomic mass is 9.87. The smallest absolute Gasteiger partial charge is 0.247 e. The molecule has 0 saturated heterocycles. The minimum atomic E-state index is -1.16. The summed E-state index contributed by atoms with van der Waals surface area (Å²) in [6, 6.07) is 10.3. The zero-order chi connectivity index (χ0) is 30.6. The molecule has 0 heterocycles. The Morgan fingerprint density at radius 1 is 1.12 bits per heavy atom. The Hall–Kier alpha value is -2.87. The van der Waals surface area contributed by atoms with Crippen molar-refractivity contribution in [3.05, 3.63) is 62.7 Å². The Morgan fingerprint density at radius 2 is 1.90 bits per heavy atom. The van der Waals surface area contributed by atoms with Crippen LogP contribution in [0.3, 0.4) is 0 Å². The lowest BCUT2D eigenvalue weighted by molar-refractivity contribution is -0.138. The molecule has 0 spiro atoms. The zero-order valence-electron chi connectivity index (χ0n) is 24.3. The van der Waals surface area contributed by atoms with Crippen LogP contribution in [-0.4, -0.2) is 84.2 Å². The molecule has 0 aliphatic heterocycles. The second-order valence-corrected chi connectivity index (χ2v) is 11.2. The number of ether oxygens (including phenoxy) is 3. The molecule has 0 radical (unpaired) electrons. The predicted octanol–water partition coefficient (Wildman–Crippen LogP) is 2.98. The van der Waals surface area contributed by atoms with Gasteiger partial charge in [-0.25, -0.2) is 0 Å². The van der Waals surface area contributed by atoms with E-state index in [4.69, 9.17) is 14.2 Å². The molecule has 0 bridgehead atoms. The molecule has 0 fully saturated rings. The van der Waals surface area contributed by atoms with E-state index in [1.165, 1.54) is 7.11 Å². The van der Waals surface area contributed by atoms with Gasteiger partial charge in [-0.1, -0.05) is 25.5 Å². The van der Waals surface area contributed by atoms with Crippen molar-refractivity contribution >= 4 is 34.4 Å². The van der Waals surface area contributed by atoms with E-state index in [1.54, 1.807) is 30.2 Å². The maximum absolute atomic E-state index is 13.6. The average molecular weight is 697 g/mol. The SMILES string of the molecule is CCCCC(=O)N(CCc1cccc(OC)c1)[C@@H]1CC(C(=O)NCCO)=C[C@H](Oc2c(I)cc(CO)cc2OC)[C@H]1O. The topological polar surface area (TPSA) is 138 Å². The molecule has 11 heteroatoms. The fourth-order valence-corrected chi connectivity index (χ4v) is 5.71. The normalized spacial score (nSPS) is 18.2. The van der Waals surface area contributed by atoms with E-state index in [1.807, 2.05) is 31.2 Å². The molecule has 230 valence electrons. The number of rotatable bonds is 15. The lowest BCUT2D eigenvalue weighted by Gasteiger charge is -2.41. The molecule has 3 rings (SSSR count). The van der Waals surface area contributed by atoms with Crippen LogP contribution in [-0.2, 0) is 22.6 Å². The third kappa shape index (κ3) is 8.82. The van der Waals surface area contributed by atoms with Crippen LogP contribution in [0.1, 0.15) is 43.7 Å². The third-order valence-electron chi connectivity index (χ3n) is 7.18. The lowest BCUT2D eigenvalue weighted by Crippen LogP contribution is -2.55. The molecule has 1 aliphatic rings. The fraction of sp³-hybridized carbons (Fsp3) is 0.484. The predicted molar refractivity (Wildman–Crippen MR) is 167 cm³/mol. The Balaban J connectivity index is 1.99. The number of unbranched alkanes of at least 4 members (excludes halogenated alkanes) is 1. The first-order valence-electron chi connectivity index (χ1n) is 14.1. The van der Waals surface area contributed by atoms with Crippen LogP contribution < -0.4 is 19.5 Å². The van der Waals surface area contributed by atoms with E-state index in [2.05, 4.69) is 27.9 Å². The summed E-state index contributed by atoms with van der Waals surface area (Å²) in [5.41, 5.74) is 1.95. The summed E-state index contributed by atoms with van der Waals surface area (Å²) in [5, 5.41) is 33.3. The summed E-state index contributed by atoms with van der Waals surface area (Å²) in [5.74, 6) is 0.921. The van der Waals surface area contributed by atoms with Crippen molar-refractivity contribution in [1.82, 2.24) is 10.2 Å². The number of amides is 2. The maximum Gasteiger partial charge on any atom is 0.247 e. The highest BCUT2D eigenvalue weighted by Gasteiger charge is 2.40. The molecule has 2 amide bonds. The first-order valence-corrected chi connectivity index (χ1v) is 15.2. The van der Waals surface area contributed by atoms with Crippen LogP contribution in [0.4, 0.5) is 0 Å². The first kappa shape index (κ1) is 33.6. The highest BCUT2D eigenvalue weighted by molar-refractivity contribution is 14.1. The monoisotopic (exact) mass is 696 g/mol. The highest BCUT2D eigenvalue weighted by atomic mass is 127. The maximum atomic E-state index is 13.6. The summed E-state index contributed by atoms with van der Waals surface area (Å²) < 4.78 is 17.8. The van der Waals surface area contributed by atoms with Gasteiger partial charge in [-0.2, -0.15) is 0 Å². The van der Waals surface area contributed by atoms with Crippen LogP contribution in [0.25, 0.3) is 0 Å². The molecule has 2 aromatic carbocycles. The van der Waals surface area contributed by atoms with E-state index < -0.39 is 24.2 Å². The number of carbonyl (C=O) groups excluding carboxylic acids is 2. The second kappa shape index (κ2) is 16.7. The van der Waals surface area contributed by atoms with Crippen molar-refractivity contribution in [2.24, 2.45) is 0 Å². The zero-order valence-corrected chi connectivity index (χ0v) is 26.5. The Bertz CT molecular complexity index is 1240. The molecule has 10 nitrogen and oxygen atoms in total. The molecule has 1 aliphatic carbocycles. The quantitative estimate of drug-likeness (QED) is 0.209. The van der Waals surface area contributed by atoms with E-state index in [0.29, 0.717) is 57.8 Å². The minimum Gasteiger partial charge on any atom is -0.497 e. The van der Waals surface area contributed by atoms with Crippen LogP contribution in [0.2, 0.25) is 0 Å². The van der Waals surface area contributed by atoms with E-state index in [9.17, 15) is 24.9 Å². The van der Waals surface area contributed by atoms with Crippen molar-refractivity contribution < 1.29 is 39.1 Å². The van der Waals surface area contributed by atoms with Crippen molar-refractivity contribution in [1.29, 1.82) is 0 Å². The van der Waals surface area contributed by atoms with Crippen molar-refractivity contribution in [2.75, 3.05) is 33.9 Å². The minimum absolute atomic E-state index is 0.0677. The number of benzene rings is 2. The molecule has 0 saturated carbocycles. The first-order chi connectivity index (χ1) is 20.3. The van der Waals surface area contributed by atoms with Gasteiger partial charge in [-0.3, -0.25) is 9.59 Å². The highest BCUT2D eigenvalue weighted by Crippen LogP contribution is 2.37. The summed E-state index contributed by atoms with van der Waals surface area (Å²) in [6.07, 6.45) is 1.91. The van der Waals surface area contributed by atoms with E-state index >= 15 is 0 Å². The van der Waals surface area contributed by atoms with Crippen molar-refractivity contribution in [2.45, 2.75) is 63.9 Å². The number of nitrogens with zero attached hydrogens (tertiary/aromatic N) is 1. The van der Waals surface area contributed by atoms with Gasteiger partial charge in [0.05, 0.1) is 37.0 Å². The number of halogens is 1. The van der Waals surface area contributed by atoms with E-state index in [-0.39, 0.29) is 32.1 Å². The number of aliphatic hydroxyl groups excluding tert-OH is 3. The Kier molecular flexibility index (Phi) is 13.4. The average Bonchev–Trinajstić information content (AvgIpc) is 3.00. The number of nitrogens with one attached hydrogen (secondary N) is 1. The molecule has 2 aromatic rings. The molecule has 3 atom stereocenters. The molecule has 42 heavy (non-hydrogen) atoms. The molecule has 4 N–H and O–H groups in total. The summed E-state index contributed by atoms with van der Waals surface area (Å²) >= 11 is 2.07. The molecule has 0 aromatic heterocycles. The molecule has 0 unspecified atom stereocenters. The number of carbonyl (C=O) groups is 2. The number of hydrogen-bond donors (Lipinski definition) is 4. The summed E-state index contributed by atoms with van der Waals surface area (Å²) in [4.78, 5) is 28.3. The largest absolute Gasteiger partial charge is 0.497 e. The van der Waals surface area contributed by atoms with Gasteiger partial charge < -0.3 is 39.7 Å². The van der Waals surface area contributed by atoms with Crippen molar-refractivity contribution in [3.8, 4) is 17.2 Å². The standard InChI is InChI=1S/C31H41IN2O8/c1-4-5-9-28(37)34(12-10-20-7-6-8-23(14-20)40-2)25-17-22(31(39)33-11-13-35)18-26(29(25)38)42-30-24(32)15-21(19-36)16-27(30)41-3/h6-8,14-16,18,25-26,29,35-36,38H,4-5,9-13,17,19H2,1-3H3,(H,33,39)/t25-,26+,29+/m1/s1. The number of methoxy groups -OCH3 is 2. The van der Waals surface area contributed by atoms with Gasteiger partial charge in [0, 0.05) is 31.5 Å². The summed E-state index contributed by atoms with van der Waals surface area (Å²) in [6.45, 7) is 1.99. The van der Waals surface area contributed by atoms with Gasteiger partial charge in [-0.05, 0) is 76.9 Å². The third-order valence-corrected chi connectivity index (χ3v) is 7.98. The second-order valence-electron chi connectivity index (χ2n) is 10.1. The molecular weight excluding hydrogens is 655 g/mol. The van der Waals surface area contributed by atoms with Crippen molar-refractivity contribution in [3.63, 3.8) is 0 Å². The fourth-order valence-electron chi connectivity index (χ4n) is 4.92. The van der Waals surface area contributed by atoms with Crippen LogP contribution >= 0.6 is 22.6 Å². The van der Waals surface area contributed by atoms with E-state index in [0.717, 1.165) is 12.0 Å². The van der Waals surface area contributed by atoms with Gasteiger partial charge in [-0.15, -0.1) is 0 Å². The van der Waals surface area contributed by atoms with Crippen LogP contribution in [0, 0.1) is 3.57 Å². The van der Waals surface area contributed by atoms with Gasteiger partial charge in [0.1, 0.15) is 18.0 Å². The van der Waals surface area contributed by atoms with Gasteiger partial charge in [0.2, 0.25) is 11.8 Å². The van der Waals surface area contributed by atoms with Crippen LogP contribution in [0.15, 0.2) is 48.0 Å². The Morgan fingerprint density at radius 3 is 2.57 bits per heavy atom. The number of aliphatic hydroxyl groups is 3. The van der Waals surface area contributed by atoms with Gasteiger partial charge in [0.15, 0.2) is 11.5 Å². The van der Waals surface area contributed by atoms with Gasteiger partial charge in [0.25, 0.3) is 0 Å². The molecular formula is C31H41IN2O8.